The number of fused-ring (bicyclic) bond motifs is 1. The van der Waals surface area contributed by atoms with Crippen LogP contribution in [-0.2, 0) is 4.74 Å². The lowest BCUT2D eigenvalue weighted by molar-refractivity contribution is -0.0257. The third kappa shape index (κ3) is 3.03. The molecule has 0 N–H and O–H groups in total. The van der Waals surface area contributed by atoms with E-state index in [2.05, 4.69) is 15.1 Å². The minimum absolute atomic E-state index is 0.207. The van der Waals surface area contributed by atoms with Crippen molar-refractivity contribution >= 4 is 11.7 Å². The maximum atomic E-state index is 13.7. The van der Waals surface area contributed by atoms with Gasteiger partial charge in [0.2, 0.25) is 0 Å². The Hall–Kier alpha value is -2.87. The first kappa shape index (κ1) is 16.6. The minimum Gasteiger partial charge on any atom is -0.368 e. The smallest absolute Gasteiger partial charge is 0.254 e. The quantitative estimate of drug-likeness (QED) is 0.704. The van der Waals surface area contributed by atoms with E-state index in [4.69, 9.17) is 4.74 Å². The zero-order chi connectivity index (χ0) is 18.3. The van der Waals surface area contributed by atoms with Gasteiger partial charge in [-0.05, 0) is 43.7 Å². The molecule has 0 spiro atoms. The summed E-state index contributed by atoms with van der Waals surface area (Å²) in [7, 11) is 0. The van der Waals surface area contributed by atoms with Crippen molar-refractivity contribution in [2.75, 3.05) is 19.7 Å². The highest BCUT2D eigenvalue weighted by molar-refractivity contribution is 5.94. The van der Waals surface area contributed by atoms with Crippen LogP contribution in [0, 0.1) is 19.7 Å². The molecule has 1 aromatic carbocycles. The number of morpholine rings is 1. The van der Waals surface area contributed by atoms with Crippen molar-refractivity contribution in [3.05, 3.63) is 58.9 Å². The molecule has 0 radical (unpaired) electrons. The van der Waals surface area contributed by atoms with Crippen LogP contribution in [0.3, 0.4) is 0 Å². The van der Waals surface area contributed by atoms with Crippen LogP contribution < -0.4 is 0 Å². The predicted molar refractivity (Wildman–Crippen MR) is 91.3 cm³/mol. The standard InChI is InChI=1S/C18H18FN5O2/c1-11-5-13(8-14(19)6-11)17(25)23-3-4-26-16(9-23)15-7-12(2)22-18-20-10-21-24(15)18/h5-8,10,16H,3-4,9H2,1-2H3. The predicted octanol–water partition coefficient (Wildman–Crippen LogP) is 2.09. The van der Waals surface area contributed by atoms with E-state index >= 15 is 0 Å². The Morgan fingerprint density at radius 1 is 1.27 bits per heavy atom. The first-order chi connectivity index (χ1) is 12.5. The Bertz CT molecular complexity index is 967. The lowest BCUT2D eigenvalue weighted by Crippen LogP contribution is -2.42. The SMILES string of the molecule is Cc1cc(F)cc(C(=O)N2CCOC(c3cc(C)nc4ncnn34)C2)c1. The van der Waals surface area contributed by atoms with E-state index in [-0.39, 0.29) is 12.0 Å². The summed E-state index contributed by atoms with van der Waals surface area (Å²) < 4.78 is 21.2. The monoisotopic (exact) mass is 355 g/mol. The largest absolute Gasteiger partial charge is 0.368 e. The number of aryl methyl sites for hydroxylation is 2. The molecular formula is C18H18FN5O2. The maximum absolute atomic E-state index is 13.7. The Morgan fingerprint density at radius 3 is 2.92 bits per heavy atom. The highest BCUT2D eigenvalue weighted by Gasteiger charge is 2.28. The molecule has 2 aromatic heterocycles. The Kier molecular flexibility index (Phi) is 4.12. The molecule has 0 aliphatic carbocycles. The van der Waals surface area contributed by atoms with E-state index < -0.39 is 5.82 Å². The fourth-order valence-corrected chi connectivity index (χ4v) is 3.24. The first-order valence-corrected chi connectivity index (χ1v) is 8.36. The summed E-state index contributed by atoms with van der Waals surface area (Å²) in [4.78, 5) is 22.9. The van der Waals surface area contributed by atoms with Crippen molar-refractivity contribution in [3.63, 3.8) is 0 Å². The van der Waals surface area contributed by atoms with Gasteiger partial charge in [0.05, 0.1) is 18.8 Å². The number of halogens is 1. The van der Waals surface area contributed by atoms with Gasteiger partial charge in [0, 0.05) is 17.8 Å². The van der Waals surface area contributed by atoms with Crippen LogP contribution >= 0.6 is 0 Å². The molecule has 26 heavy (non-hydrogen) atoms. The van der Waals surface area contributed by atoms with Crippen LogP contribution in [0.15, 0.2) is 30.6 Å². The molecule has 4 rings (SSSR count). The van der Waals surface area contributed by atoms with Gasteiger partial charge in [0.15, 0.2) is 0 Å². The average Bonchev–Trinajstić information content (AvgIpc) is 3.08. The van der Waals surface area contributed by atoms with E-state index in [0.717, 1.165) is 11.4 Å². The van der Waals surface area contributed by atoms with Crippen molar-refractivity contribution < 1.29 is 13.9 Å². The fraction of sp³-hybridized carbons (Fsp3) is 0.333. The third-order valence-corrected chi connectivity index (χ3v) is 4.38. The van der Waals surface area contributed by atoms with Gasteiger partial charge in [-0.15, -0.1) is 0 Å². The Morgan fingerprint density at radius 2 is 2.12 bits per heavy atom. The number of carbonyl (C=O) groups is 1. The van der Waals surface area contributed by atoms with Crippen molar-refractivity contribution in [3.8, 4) is 0 Å². The molecule has 1 aliphatic heterocycles. The molecule has 3 heterocycles. The lowest BCUT2D eigenvalue weighted by atomic mass is 10.1. The van der Waals surface area contributed by atoms with E-state index in [9.17, 15) is 9.18 Å². The van der Waals surface area contributed by atoms with E-state index in [1.54, 1.807) is 22.4 Å². The van der Waals surface area contributed by atoms with Crippen LogP contribution in [-0.4, -0.2) is 50.1 Å². The summed E-state index contributed by atoms with van der Waals surface area (Å²) in [5.74, 6) is -0.124. The van der Waals surface area contributed by atoms with Crippen LogP contribution in [0.4, 0.5) is 4.39 Å². The summed E-state index contributed by atoms with van der Waals surface area (Å²) in [6.45, 7) is 4.84. The number of benzene rings is 1. The molecular weight excluding hydrogens is 337 g/mol. The van der Waals surface area contributed by atoms with Crippen molar-refractivity contribution in [1.82, 2.24) is 24.5 Å². The lowest BCUT2D eigenvalue weighted by Gasteiger charge is -2.33. The minimum atomic E-state index is -0.410. The van der Waals surface area contributed by atoms with Crippen LogP contribution in [0.5, 0.6) is 0 Å². The number of nitrogens with zero attached hydrogens (tertiary/aromatic N) is 5. The Labute approximate surface area is 149 Å². The van der Waals surface area contributed by atoms with E-state index in [1.165, 1.54) is 18.5 Å². The topological polar surface area (TPSA) is 72.6 Å². The molecule has 1 saturated heterocycles. The molecule has 0 saturated carbocycles. The van der Waals surface area contributed by atoms with Gasteiger partial charge in [-0.25, -0.2) is 9.37 Å². The molecule has 1 aliphatic rings. The number of ether oxygens (including phenoxy) is 1. The highest BCUT2D eigenvalue weighted by Crippen LogP contribution is 2.24. The number of hydrogen-bond acceptors (Lipinski definition) is 5. The fourth-order valence-electron chi connectivity index (χ4n) is 3.24. The second-order valence-corrected chi connectivity index (χ2v) is 6.42. The van der Waals surface area contributed by atoms with Gasteiger partial charge in [-0.2, -0.15) is 14.6 Å². The summed E-state index contributed by atoms with van der Waals surface area (Å²) >= 11 is 0. The molecule has 3 aromatic rings. The van der Waals surface area contributed by atoms with E-state index in [1.807, 2.05) is 13.0 Å². The molecule has 1 atom stereocenters. The normalized spacial score (nSPS) is 17.7. The number of rotatable bonds is 2. The summed E-state index contributed by atoms with van der Waals surface area (Å²) in [6, 6.07) is 6.25. The summed E-state index contributed by atoms with van der Waals surface area (Å²) in [6.07, 6.45) is 1.08. The highest BCUT2D eigenvalue weighted by atomic mass is 19.1. The Balaban J connectivity index is 1.63. The first-order valence-electron chi connectivity index (χ1n) is 8.36. The van der Waals surface area contributed by atoms with Gasteiger partial charge < -0.3 is 9.64 Å². The number of amides is 1. The number of carbonyl (C=O) groups excluding carboxylic acids is 1. The molecule has 1 amide bonds. The molecule has 1 unspecified atom stereocenters. The van der Waals surface area contributed by atoms with Crippen molar-refractivity contribution in [2.45, 2.75) is 20.0 Å². The summed E-state index contributed by atoms with van der Waals surface area (Å²) in [5, 5.41) is 4.20. The van der Waals surface area contributed by atoms with Gasteiger partial charge in [0.1, 0.15) is 18.2 Å². The van der Waals surface area contributed by atoms with Crippen LogP contribution in [0.1, 0.15) is 33.4 Å². The van der Waals surface area contributed by atoms with Gasteiger partial charge in [-0.1, -0.05) is 0 Å². The van der Waals surface area contributed by atoms with Crippen LogP contribution in [0.2, 0.25) is 0 Å². The second kappa shape index (κ2) is 6.45. The molecule has 7 nitrogen and oxygen atoms in total. The van der Waals surface area contributed by atoms with Gasteiger partial charge in [0.25, 0.3) is 11.7 Å². The molecule has 134 valence electrons. The van der Waals surface area contributed by atoms with Crippen molar-refractivity contribution in [2.24, 2.45) is 0 Å². The second-order valence-electron chi connectivity index (χ2n) is 6.42. The third-order valence-electron chi connectivity index (χ3n) is 4.38. The zero-order valence-electron chi connectivity index (χ0n) is 14.5. The number of hydrogen-bond donors (Lipinski definition) is 0. The summed E-state index contributed by atoms with van der Waals surface area (Å²) in [5.41, 5.74) is 2.65. The van der Waals surface area contributed by atoms with Gasteiger partial charge in [-0.3, -0.25) is 4.79 Å². The van der Waals surface area contributed by atoms with Crippen LogP contribution in [0.25, 0.3) is 5.78 Å². The molecule has 1 fully saturated rings. The average molecular weight is 355 g/mol. The van der Waals surface area contributed by atoms with E-state index in [0.29, 0.717) is 36.6 Å². The zero-order valence-corrected chi connectivity index (χ0v) is 14.5. The molecule has 8 heteroatoms. The number of aromatic nitrogens is 4. The van der Waals surface area contributed by atoms with Gasteiger partial charge >= 0.3 is 0 Å². The molecule has 0 bridgehead atoms. The maximum Gasteiger partial charge on any atom is 0.254 e. The van der Waals surface area contributed by atoms with Crippen molar-refractivity contribution in [1.29, 1.82) is 0 Å².